The maximum atomic E-state index is 6.29. The molecule has 1 N–H and O–H groups in total. The molecule has 4 heteroatoms. The highest BCUT2D eigenvalue weighted by Crippen LogP contribution is 1.79. The van der Waals surface area contributed by atoms with Gasteiger partial charge in [-0.05, 0) is 0 Å². The van der Waals surface area contributed by atoms with Gasteiger partial charge in [0.25, 0.3) is 0 Å². The van der Waals surface area contributed by atoms with E-state index in [9.17, 15) is 0 Å². The van der Waals surface area contributed by atoms with Crippen LogP contribution in [0.2, 0.25) is 1.43 Å². The zero-order chi connectivity index (χ0) is 7.82. The van der Waals surface area contributed by atoms with Crippen LogP contribution in [0.4, 0.5) is 0 Å². The van der Waals surface area contributed by atoms with Crippen molar-refractivity contribution in [3.05, 3.63) is 0 Å². The van der Waals surface area contributed by atoms with E-state index in [1.54, 1.807) is 0 Å². The zero-order valence-electron chi connectivity index (χ0n) is 6.59. The van der Waals surface area contributed by atoms with Crippen LogP contribution in [0.1, 0.15) is 0 Å². The number of nitrogens with zero attached hydrogens (tertiary/aromatic N) is 1. The van der Waals surface area contributed by atoms with Gasteiger partial charge in [-0.1, -0.05) is 5.16 Å². The maximum absolute atomic E-state index is 6.29. The third-order valence-corrected chi connectivity index (χ3v) is 0.751. The third-order valence-electron chi connectivity index (χ3n) is 0.751. The molecule has 0 aliphatic heterocycles. The summed E-state index contributed by atoms with van der Waals surface area (Å²) in [5.41, 5.74) is 0.556. The van der Waals surface area contributed by atoms with Gasteiger partial charge in [-0.25, -0.2) is 0 Å². The van der Waals surface area contributed by atoms with Crippen LogP contribution in [-0.2, 0) is 9.47 Å². The van der Waals surface area contributed by atoms with E-state index in [1.807, 2.05) is 0 Å². The number of hydrogen-bond donors (Lipinski definition) is 1. The van der Waals surface area contributed by atoms with E-state index in [-0.39, 0.29) is 0 Å². The summed E-state index contributed by atoms with van der Waals surface area (Å²) in [5, 5.41) is 7.12. The summed E-state index contributed by atoms with van der Waals surface area (Å²) in [6, 6.07) is 0. The standard InChI is InChI=1S/C5H11NO3/c1-8-3-5(6-7)4-9-2/h7H,3-4H2,1-2H3/i/hT. The monoisotopic (exact) mass is 135 g/mol. The van der Waals surface area contributed by atoms with Gasteiger partial charge in [0.2, 0.25) is 0 Å². The highest BCUT2D eigenvalue weighted by molar-refractivity contribution is 5.86. The number of methoxy groups -OCH3 is 2. The highest BCUT2D eigenvalue weighted by Gasteiger charge is 1.95. The van der Waals surface area contributed by atoms with Crippen molar-refractivity contribution in [1.82, 2.24) is 0 Å². The van der Waals surface area contributed by atoms with Crippen molar-refractivity contribution >= 4 is 5.71 Å². The minimum atomic E-state index is 0.326. The van der Waals surface area contributed by atoms with Gasteiger partial charge >= 0.3 is 1.43 Å². The van der Waals surface area contributed by atoms with Crippen LogP contribution in [0, 0.1) is 0 Å². The van der Waals surface area contributed by atoms with Gasteiger partial charge < -0.3 is 14.7 Å². The van der Waals surface area contributed by atoms with Gasteiger partial charge in [-0.2, -0.15) is 0 Å². The first-order chi connectivity index (χ1) is 4.85. The predicted molar refractivity (Wildman–Crippen MR) is 33.0 cm³/mol. The minimum absolute atomic E-state index is 0.326. The molecule has 0 saturated carbocycles. The minimum Gasteiger partial charge on any atom is -0.411 e. The first-order valence-electron chi connectivity index (χ1n) is 2.92. The van der Waals surface area contributed by atoms with Crippen molar-refractivity contribution < 1.29 is 16.1 Å². The summed E-state index contributed by atoms with van der Waals surface area (Å²) < 4.78 is 15.8. The Kier molecular flexibility index (Phi) is 4.00. The molecule has 0 aromatic rings. The molecule has 54 valence electrons. The largest absolute Gasteiger partial charge is 0.411 e. The summed E-state index contributed by atoms with van der Waals surface area (Å²) in [4.78, 5) is 0. The van der Waals surface area contributed by atoms with Crippen molar-refractivity contribution in [1.29, 1.82) is 0 Å². The Morgan fingerprint density at radius 1 is 1.56 bits per heavy atom. The van der Waals surface area contributed by atoms with Gasteiger partial charge in [-0.15, -0.1) is 0 Å². The molecule has 0 spiro atoms. The molecule has 0 fully saturated rings. The van der Waals surface area contributed by atoms with E-state index in [1.165, 1.54) is 14.2 Å². The molecule has 0 amide bonds. The molecule has 0 heterocycles. The summed E-state index contributed by atoms with van der Waals surface area (Å²) in [6.07, 6.45) is 0. The van der Waals surface area contributed by atoms with Gasteiger partial charge in [0, 0.05) is 14.2 Å². The third kappa shape index (κ3) is 3.93. The summed E-state index contributed by atoms with van der Waals surface area (Å²) in [6.45, 7) is 0.652. The SMILES string of the molecule is [3H]ON=C(COC)COC. The van der Waals surface area contributed by atoms with Crippen LogP contribution in [-0.4, -0.2) is 38.4 Å². The molecule has 0 aromatic carbocycles. The second kappa shape index (κ2) is 5.53. The van der Waals surface area contributed by atoms with Gasteiger partial charge in [0.15, 0.2) is 0 Å². The summed E-state index contributed by atoms with van der Waals surface area (Å²) in [5.74, 6) is 0. The summed E-state index contributed by atoms with van der Waals surface area (Å²) >= 11 is 0. The lowest BCUT2D eigenvalue weighted by molar-refractivity contribution is 0.205. The molecule has 0 aromatic heterocycles. The van der Waals surface area contributed by atoms with Gasteiger partial charge in [-0.3, -0.25) is 0 Å². The van der Waals surface area contributed by atoms with E-state index < -0.39 is 0 Å². The lowest BCUT2D eigenvalue weighted by atomic mass is 10.4. The van der Waals surface area contributed by atoms with E-state index in [2.05, 4.69) is 10.4 Å². The fraction of sp³-hybridized carbons (Fsp3) is 0.800. The van der Waals surface area contributed by atoms with Crippen molar-refractivity contribution in [2.75, 3.05) is 27.4 Å². The Hall–Kier alpha value is -0.610. The molecule has 0 saturated heterocycles. The van der Waals surface area contributed by atoms with Crippen LogP contribution >= 0.6 is 0 Å². The second-order valence-electron chi connectivity index (χ2n) is 1.52. The molecular formula is C5H11NO3. The van der Waals surface area contributed by atoms with E-state index in [0.717, 1.165) is 0 Å². The fourth-order valence-corrected chi connectivity index (χ4v) is 0.428. The predicted octanol–water partition coefficient (Wildman–Crippen LogP) is 0.109. The topological polar surface area (TPSA) is 51.1 Å². The quantitative estimate of drug-likeness (QED) is 0.330. The zero-order valence-corrected chi connectivity index (χ0v) is 5.59. The van der Waals surface area contributed by atoms with Crippen LogP contribution < -0.4 is 0 Å². The molecule has 0 aliphatic carbocycles. The van der Waals surface area contributed by atoms with Crippen molar-refractivity contribution in [3.63, 3.8) is 0 Å². The molecule has 0 bridgehead atoms. The average Bonchev–Trinajstić information content (AvgIpc) is 1.90. The Labute approximate surface area is 55.6 Å². The van der Waals surface area contributed by atoms with Gasteiger partial charge in [0.05, 0.1) is 13.2 Å². The smallest absolute Gasteiger partial charge is 0.330 e. The number of rotatable bonds is 5. The summed E-state index contributed by atoms with van der Waals surface area (Å²) in [7, 11) is 3.07. The Balaban J connectivity index is 3.60. The molecular weight excluding hydrogens is 122 g/mol. The average molecular weight is 135 g/mol. The molecule has 0 atom stereocenters. The molecule has 4 nitrogen and oxygen atoms in total. The first kappa shape index (κ1) is 6.51. The Bertz CT molecular complexity index is 99.1. The van der Waals surface area contributed by atoms with Crippen LogP contribution in [0.25, 0.3) is 0 Å². The van der Waals surface area contributed by atoms with E-state index in [4.69, 9.17) is 10.9 Å². The fourth-order valence-electron chi connectivity index (χ4n) is 0.428. The number of hydrogen-bond acceptors (Lipinski definition) is 4. The molecule has 9 heavy (non-hydrogen) atoms. The lowest BCUT2D eigenvalue weighted by Gasteiger charge is -1.99. The Morgan fingerprint density at radius 3 is 2.44 bits per heavy atom. The normalized spacial score (nSPS) is 10.2. The van der Waals surface area contributed by atoms with Crippen molar-refractivity contribution in [2.24, 2.45) is 5.16 Å². The first-order valence-corrected chi connectivity index (χ1v) is 2.51. The van der Waals surface area contributed by atoms with Crippen molar-refractivity contribution in [3.8, 4) is 0 Å². The van der Waals surface area contributed by atoms with Crippen LogP contribution in [0.3, 0.4) is 0 Å². The van der Waals surface area contributed by atoms with Crippen molar-refractivity contribution in [2.45, 2.75) is 0 Å². The van der Waals surface area contributed by atoms with Gasteiger partial charge in [0.1, 0.15) is 5.71 Å². The van der Waals surface area contributed by atoms with Crippen LogP contribution in [0.15, 0.2) is 5.16 Å². The molecule has 0 rings (SSSR count). The number of ether oxygens (including phenoxy) is 2. The Morgan fingerprint density at radius 2 is 2.11 bits per heavy atom. The number of oxime groups is 1. The highest BCUT2D eigenvalue weighted by atomic mass is 16.5. The van der Waals surface area contributed by atoms with Crippen LogP contribution in [0.5, 0.6) is 0 Å². The van der Waals surface area contributed by atoms with E-state index >= 15 is 0 Å². The molecule has 0 unspecified atom stereocenters. The maximum Gasteiger partial charge on any atom is 0.330 e. The lowest BCUT2D eigenvalue weighted by Crippen LogP contribution is -2.13. The van der Waals surface area contributed by atoms with E-state index in [0.29, 0.717) is 18.9 Å². The molecule has 0 radical (unpaired) electrons. The second-order valence-corrected chi connectivity index (χ2v) is 1.52. The molecule has 0 aliphatic rings.